The quantitative estimate of drug-likeness (QED) is 0.580. The maximum absolute atomic E-state index is 12.5. The van der Waals surface area contributed by atoms with E-state index in [-0.39, 0.29) is 17.7 Å². The van der Waals surface area contributed by atoms with Gasteiger partial charge in [-0.05, 0) is 69.3 Å². The first-order chi connectivity index (χ1) is 14.0. The van der Waals surface area contributed by atoms with E-state index in [2.05, 4.69) is 20.8 Å². The number of hydrogen-bond donors (Lipinski definition) is 2. The Bertz CT molecular complexity index is 941. The van der Waals surface area contributed by atoms with Crippen LogP contribution in [0.3, 0.4) is 0 Å². The molecule has 0 saturated carbocycles. The van der Waals surface area contributed by atoms with Gasteiger partial charge in [-0.2, -0.15) is 0 Å². The lowest BCUT2D eigenvalue weighted by Crippen LogP contribution is -2.15. The van der Waals surface area contributed by atoms with Crippen LogP contribution in [0.2, 0.25) is 0 Å². The SMILES string of the molecule is CCOc1ccccc1NC(=O)c1ccc(Nc2ccc(OC(C)C)cc2)nn1. The van der Waals surface area contributed by atoms with Gasteiger partial charge in [0.25, 0.3) is 5.91 Å². The molecule has 1 aromatic heterocycles. The molecule has 2 aromatic carbocycles. The van der Waals surface area contributed by atoms with E-state index >= 15 is 0 Å². The fraction of sp³-hybridized carbons (Fsp3) is 0.227. The van der Waals surface area contributed by atoms with Crippen molar-refractivity contribution in [2.24, 2.45) is 0 Å². The molecule has 0 bridgehead atoms. The number of carbonyl (C=O) groups is 1. The summed E-state index contributed by atoms with van der Waals surface area (Å²) in [5.41, 5.74) is 1.65. The zero-order valence-corrected chi connectivity index (χ0v) is 16.7. The van der Waals surface area contributed by atoms with Crippen LogP contribution in [0.4, 0.5) is 17.2 Å². The van der Waals surface area contributed by atoms with E-state index in [0.717, 1.165) is 11.4 Å². The summed E-state index contributed by atoms with van der Waals surface area (Å²) in [5, 5.41) is 14.0. The average molecular weight is 392 g/mol. The number of para-hydroxylation sites is 2. The van der Waals surface area contributed by atoms with Crippen molar-refractivity contribution >= 4 is 23.1 Å². The fourth-order valence-electron chi connectivity index (χ4n) is 2.59. The van der Waals surface area contributed by atoms with Crippen LogP contribution in [0.5, 0.6) is 11.5 Å². The number of rotatable bonds is 8. The third-order valence-corrected chi connectivity index (χ3v) is 3.83. The third-order valence-electron chi connectivity index (χ3n) is 3.83. The highest BCUT2D eigenvalue weighted by molar-refractivity contribution is 6.03. The van der Waals surface area contributed by atoms with E-state index in [1.165, 1.54) is 0 Å². The molecule has 3 aromatic rings. The molecule has 1 heterocycles. The molecule has 7 heteroatoms. The summed E-state index contributed by atoms with van der Waals surface area (Å²) in [5.74, 6) is 1.59. The first-order valence-electron chi connectivity index (χ1n) is 9.46. The molecular formula is C22H24N4O3. The van der Waals surface area contributed by atoms with Crippen molar-refractivity contribution in [1.29, 1.82) is 0 Å². The first kappa shape index (κ1) is 20.1. The molecular weight excluding hydrogens is 368 g/mol. The van der Waals surface area contributed by atoms with Gasteiger partial charge in [-0.3, -0.25) is 4.79 Å². The van der Waals surface area contributed by atoms with Crippen LogP contribution in [0, 0.1) is 0 Å². The van der Waals surface area contributed by atoms with Gasteiger partial charge in [0.15, 0.2) is 11.5 Å². The number of anilines is 3. The summed E-state index contributed by atoms with van der Waals surface area (Å²) in [4.78, 5) is 12.5. The van der Waals surface area contributed by atoms with Crippen molar-refractivity contribution in [2.75, 3.05) is 17.2 Å². The van der Waals surface area contributed by atoms with Crippen molar-refractivity contribution in [3.63, 3.8) is 0 Å². The molecule has 150 valence electrons. The van der Waals surface area contributed by atoms with E-state index in [4.69, 9.17) is 9.47 Å². The lowest BCUT2D eigenvalue weighted by molar-refractivity contribution is 0.102. The van der Waals surface area contributed by atoms with Crippen LogP contribution in [0.25, 0.3) is 0 Å². The van der Waals surface area contributed by atoms with Crippen LogP contribution in [0.15, 0.2) is 60.7 Å². The second kappa shape index (κ2) is 9.54. The molecule has 1 amide bonds. The summed E-state index contributed by atoms with van der Waals surface area (Å²) in [6.45, 7) is 6.36. The number of amides is 1. The number of ether oxygens (including phenoxy) is 2. The first-order valence-corrected chi connectivity index (χ1v) is 9.46. The Kier molecular flexibility index (Phi) is 6.63. The number of aromatic nitrogens is 2. The lowest BCUT2D eigenvalue weighted by atomic mass is 10.2. The van der Waals surface area contributed by atoms with Crippen molar-refractivity contribution in [3.05, 3.63) is 66.4 Å². The molecule has 0 spiro atoms. The average Bonchev–Trinajstić information content (AvgIpc) is 2.71. The summed E-state index contributed by atoms with van der Waals surface area (Å²) in [7, 11) is 0. The molecule has 7 nitrogen and oxygen atoms in total. The molecule has 0 radical (unpaired) electrons. The van der Waals surface area contributed by atoms with E-state index < -0.39 is 0 Å². The molecule has 0 aliphatic carbocycles. The largest absolute Gasteiger partial charge is 0.492 e. The number of carbonyl (C=O) groups excluding carboxylic acids is 1. The number of hydrogen-bond acceptors (Lipinski definition) is 6. The van der Waals surface area contributed by atoms with Gasteiger partial charge in [0, 0.05) is 5.69 Å². The Balaban J connectivity index is 1.63. The van der Waals surface area contributed by atoms with Gasteiger partial charge in [0.05, 0.1) is 18.4 Å². The van der Waals surface area contributed by atoms with Gasteiger partial charge in [-0.15, -0.1) is 10.2 Å². The minimum atomic E-state index is -0.355. The standard InChI is InChI=1S/C22H24N4O3/c1-4-28-20-8-6-5-7-18(20)24-22(27)19-13-14-21(26-25-19)23-16-9-11-17(12-10-16)29-15(2)3/h5-15H,4H2,1-3H3,(H,23,26)(H,24,27). The molecule has 2 N–H and O–H groups in total. The zero-order valence-electron chi connectivity index (χ0n) is 16.7. The fourth-order valence-corrected chi connectivity index (χ4v) is 2.59. The summed E-state index contributed by atoms with van der Waals surface area (Å²) in [6.07, 6.45) is 0.124. The molecule has 0 saturated heterocycles. The molecule has 29 heavy (non-hydrogen) atoms. The summed E-state index contributed by atoms with van der Waals surface area (Å²) in [6, 6.07) is 18.1. The zero-order chi connectivity index (χ0) is 20.6. The van der Waals surface area contributed by atoms with Gasteiger partial charge >= 0.3 is 0 Å². The second-order valence-corrected chi connectivity index (χ2v) is 6.50. The molecule has 0 aliphatic heterocycles. The predicted molar refractivity (Wildman–Crippen MR) is 113 cm³/mol. The molecule has 0 aliphatic rings. The Morgan fingerprint density at radius 3 is 2.41 bits per heavy atom. The van der Waals surface area contributed by atoms with Crippen molar-refractivity contribution in [1.82, 2.24) is 10.2 Å². The number of benzene rings is 2. The van der Waals surface area contributed by atoms with Crippen LogP contribution >= 0.6 is 0 Å². The van der Waals surface area contributed by atoms with Crippen LogP contribution < -0.4 is 20.1 Å². The minimum Gasteiger partial charge on any atom is -0.492 e. The van der Waals surface area contributed by atoms with E-state index in [9.17, 15) is 4.79 Å². The normalized spacial score (nSPS) is 10.5. The minimum absolute atomic E-state index is 0.124. The van der Waals surface area contributed by atoms with Crippen LogP contribution in [-0.4, -0.2) is 28.8 Å². The Morgan fingerprint density at radius 1 is 1.00 bits per heavy atom. The van der Waals surface area contributed by atoms with E-state index in [1.807, 2.05) is 57.2 Å². The Morgan fingerprint density at radius 2 is 1.76 bits per heavy atom. The highest BCUT2D eigenvalue weighted by Gasteiger charge is 2.12. The lowest BCUT2D eigenvalue weighted by Gasteiger charge is -2.11. The monoisotopic (exact) mass is 392 g/mol. The molecule has 0 atom stereocenters. The van der Waals surface area contributed by atoms with Crippen molar-refractivity contribution < 1.29 is 14.3 Å². The van der Waals surface area contributed by atoms with Gasteiger partial charge in [0.2, 0.25) is 0 Å². The second-order valence-electron chi connectivity index (χ2n) is 6.50. The predicted octanol–water partition coefficient (Wildman–Crippen LogP) is 4.66. The van der Waals surface area contributed by atoms with Gasteiger partial charge in [-0.25, -0.2) is 0 Å². The van der Waals surface area contributed by atoms with Gasteiger partial charge in [0.1, 0.15) is 11.5 Å². The maximum Gasteiger partial charge on any atom is 0.276 e. The van der Waals surface area contributed by atoms with E-state index in [1.54, 1.807) is 24.3 Å². The Labute approximate surface area is 170 Å². The summed E-state index contributed by atoms with van der Waals surface area (Å²) >= 11 is 0. The van der Waals surface area contributed by atoms with Crippen molar-refractivity contribution in [2.45, 2.75) is 26.9 Å². The van der Waals surface area contributed by atoms with Crippen LogP contribution in [0.1, 0.15) is 31.3 Å². The van der Waals surface area contributed by atoms with Gasteiger partial charge < -0.3 is 20.1 Å². The highest BCUT2D eigenvalue weighted by atomic mass is 16.5. The highest BCUT2D eigenvalue weighted by Crippen LogP contribution is 2.24. The molecule has 0 fully saturated rings. The van der Waals surface area contributed by atoms with Gasteiger partial charge in [-0.1, -0.05) is 12.1 Å². The number of nitrogens with one attached hydrogen (secondary N) is 2. The topological polar surface area (TPSA) is 85.4 Å². The smallest absolute Gasteiger partial charge is 0.276 e. The molecule has 0 unspecified atom stereocenters. The number of nitrogens with zero attached hydrogens (tertiary/aromatic N) is 2. The summed E-state index contributed by atoms with van der Waals surface area (Å²) < 4.78 is 11.1. The molecule has 3 rings (SSSR count). The van der Waals surface area contributed by atoms with Crippen molar-refractivity contribution in [3.8, 4) is 11.5 Å². The maximum atomic E-state index is 12.5. The Hall–Kier alpha value is -3.61. The third kappa shape index (κ3) is 5.68. The van der Waals surface area contributed by atoms with E-state index in [0.29, 0.717) is 23.9 Å². The van der Waals surface area contributed by atoms with Crippen LogP contribution in [-0.2, 0) is 0 Å².